The summed E-state index contributed by atoms with van der Waals surface area (Å²) >= 11 is 0. The average molecular weight is 427 g/mol. The lowest BCUT2D eigenvalue weighted by molar-refractivity contribution is -0.118. The van der Waals surface area contributed by atoms with Crippen LogP contribution in [0.5, 0.6) is 0 Å². The highest BCUT2D eigenvalue weighted by atomic mass is 19.3. The Bertz CT molecular complexity index is 1180. The van der Waals surface area contributed by atoms with Gasteiger partial charge in [0.1, 0.15) is 0 Å². The summed E-state index contributed by atoms with van der Waals surface area (Å²) in [6, 6.07) is 8.75. The Morgan fingerprint density at radius 2 is 2.00 bits per heavy atom. The molecule has 1 amide bonds. The fraction of sp³-hybridized carbons (Fsp3) is 0.250. The maximum absolute atomic E-state index is 13.5. The van der Waals surface area contributed by atoms with Gasteiger partial charge >= 0.3 is 7.12 Å². The molecule has 1 fully saturated rings. The Morgan fingerprint density at radius 1 is 1.23 bits per heavy atom. The van der Waals surface area contributed by atoms with Crippen LogP contribution in [0.3, 0.4) is 0 Å². The standard InChI is InChI=1S/C20H20BF2N5O3/c1-10-14-6-11(2-4-13(14)18(24)28-27-10)15-7-12(21(30)31)3-5-16(15)26-19(29)17-8-20(22,23)9-25-17/h2-7,17,25,30-31H,8-9H2,1H3,(H2,24,28)(H,26,29)/t17-/m0/s1. The number of aromatic nitrogens is 2. The zero-order valence-corrected chi connectivity index (χ0v) is 16.6. The van der Waals surface area contributed by atoms with Gasteiger partial charge in [0.25, 0.3) is 5.92 Å². The van der Waals surface area contributed by atoms with Gasteiger partial charge in [-0.25, -0.2) is 8.78 Å². The molecule has 11 heteroatoms. The number of halogens is 2. The minimum Gasteiger partial charge on any atom is -0.423 e. The average Bonchev–Trinajstić information content (AvgIpc) is 3.10. The summed E-state index contributed by atoms with van der Waals surface area (Å²) in [5.74, 6) is -3.26. The topological polar surface area (TPSA) is 133 Å². The third-order valence-corrected chi connectivity index (χ3v) is 5.33. The Hall–Kier alpha value is -3.15. The molecule has 31 heavy (non-hydrogen) atoms. The van der Waals surface area contributed by atoms with Gasteiger partial charge in [0.05, 0.1) is 18.3 Å². The molecule has 160 valence electrons. The van der Waals surface area contributed by atoms with E-state index in [1.165, 1.54) is 18.2 Å². The highest BCUT2D eigenvalue weighted by Crippen LogP contribution is 2.33. The molecule has 8 nitrogen and oxygen atoms in total. The van der Waals surface area contributed by atoms with Gasteiger partial charge in [-0.15, -0.1) is 5.10 Å². The van der Waals surface area contributed by atoms with Crippen LogP contribution in [0, 0.1) is 6.92 Å². The first kappa shape index (κ1) is 21.1. The number of nitrogens with one attached hydrogen (secondary N) is 2. The monoisotopic (exact) mass is 427 g/mol. The van der Waals surface area contributed by atoms with E-state index in [-0.39, 0.29) is 11.3 Å². The van der Waals surface area contributed by atoms with Crippen molar-refractivity contribution in [3.8, 4) is 11.1 Å². The molecule has 0 unspecified atom stereocenters. The van der Waals surface area contributed by atoms with E-state index in [9.17, 15) is 23.6 Å². The van der Waals surface area contributed by atoms with Crippen molar-refractivity contribution in [1.82, 2.24) is 15.5 Å². The van der Waals surface area contributed by atoms with E-state index in [2.05, 4.69) is 20.8 Å². The molecule has 0 saturated carbocycles. The maximum atomic E-state index is 13.5. The van der Waals surface area contributed by atoms with Gasteiger partial charge in [-0.1, -0.05) is 18.2 Å². The van der Waals surface area contributed by atoms with E-state index in [1.807, 2.05) is 0 Å². The van der Waals surface area contributed by atoms with Gasteiger partial charge in [0.15, 0.2) is 5.82 Å². The van der Waals surface area contributed by atoms with Crippen LogP contribution in [0.15, 0.2) is 36.4 Å². The molecule has 2 aromatic carbocycles. The number of fused-ring (bicyclic) bond motifs is 1. The molecule has 2 heterocycles. The lowest BCUT2D eigenvalue weighted by Crippen LogP contribution is -2.36. The number of alkyl halides is 2. The number of nitrogens with zero attached hydrogens (tertiary/aromatic N) is 2. The lowest BCUT2D eigenvalue weighted by Gasteiger charge is -2.17. The molecule has 0 radical (unpaired) electrons. The third kappa shape index (κ3) is 4.20. The van der Waals surface area contributed by atoms with Crippen LogP contribution in [-0.2, 0) is 4.79 Å². The number of nitrogens with two attached hydrogens (primary N) is 1. The molecule has 1 aliphatic rings. The highest BCUT2D eigenvalue weighted by molar-refractivity contribution is 6.58. The van der Waals surface area contributed by atoms with E-state index in [0.29, 0.717) is 27.9 Å². The number of nitrogen functional groups attached to an aromatic ring is 1. The van der Waals surface area contributed by atoms with E-state index in [4.69, 9.17) is 5.73 Å². The number of carbonyl (C=O) groups is 1. The van der Waals surface area contributed by atoms with Gasteiger partial charge in [0, 0.05) is 28.4 Å². The number of hydrogen-bond donors (Lipinski definition) is 5. The third-order valence-electron chi connectivity index (χ3n) is 5.33. The van der Waals surface area contributed by atoms with Gasteiger partial charge in [0.2, 0.25) is 5.91 Å². The van der Waals surface area contributed by atoms with Crippen molar-refractivity contribution in [2.75, 3.05) is 17.6 Å². The molecule has 6 N–H and O–H groups in total. The van der Waals surface area contributed by atoms with Gasteiger partial charge in [-0.2, -0.15) is 5.10 Å². The Morgan fingerprint density at radius 3 is 2.68 bits per heavy atom. The largest absolute Gasteiger partial charge is 0.488 e. The van der Waals surface area contributed by atoms with Crippen molar-refractivity contribution in [2.45, 2.75) is 25.3 Å². The molecule has 1 aromatic heterocycles. The second kappa shape index (κ2) is 7.84. The summed E-state index contributed by atoms with van der Waals surface area (Å²) in [6.07, 6.45) is -0.589. The Balaban J connectivity index is 1.76. The lowest BCUT2D eigenvalue weighted by atomic mass is 9.78. The van der Waals surface area contributed by atoms with Crippen molar-refractivity contribution in [3.05, 3.63) is 42.1 Å². The molecular weight excluding hydrogens is 407 g/mol. The van der Waals surface area contributed by atoms with Crippen molar-refractivity contribution in [2.24, 2.45) is 0 Å². The van der Waals surface area contributed by atoms with Gasteiger partial charge in [-0.3, -0.25) is 10.1 Å². The van der Waals surface area contributed by atoms with Crippen LogP contribution in [0.25, 0.3) is 21.9 Å². The fourth-order valence-electron chi connectivity index (χ4n) is 3.66. The summed E-state index contributed by atoms with van der Waals surface area (Å²) in [7, 11) is -1.72. The van der Waals surface area contributed by atoms with Gasteiger partial charge < -0.3 is 21.1 Å². The number of benzene rings is 2. The second-order valence-corrected chi connectivity index (χ2v) is 7.59. The minimum atomic E-state index is -2.94. The van der Waals surface area contributed by atoms with Gasteiger partial charge in [-0.05, 0) is 36.1 Å². The summed E-state index contributed by atoms with van der Waals surface area (Å²) in [4.78, 5) is 12.6. The molecule has 1 aliphatic heterocycles. The Kier molecular flexibility index (Phi) is 5.34. The van der Waals surface area contributed by atoms with E-state index in [1.54, 1.807) is 25.1 Å². The first-order chi connectivity index (χ1) is 14.6. The van der Waals surface area contributed by atoms with Crippen LogP contribution < -0.4 is 21.8 Å². The van der Waals surface area contributed by atoms with Crippen LogP contribution in [-0.4, -0.2) is 51.8 Å². The quantitative estimate of drug-likeness (QED) is 0.389. The summed E-state index contributed by atoms with van der Waals surface area (Å²) < 4.78 is 27.0. The first-order valence-corrected chi connectivity index (χ1v) is 9.60. The van der Waals surface area contributed by atoms with E-state index < -0.39 is 38.0 Å². The number of carbonyl (C=O) groups excluding carboxylic acids is 1. The van der Waals surface area contributed by atoms with E-state index >= 15 is 0 Å². The Labute approximate surface area is 176 Å². The summed E-state index contributed by atoms with van der Waals surface area (Å²) in [5.41, 5.74) is 8.23. The molecule has 0 bridgehead atoms. The molecule has 3 aromatic rings. The fourth-order valence-corrected chi connectivity index (χ4v) is 3.66. The maximum Gasteiger partial charge on any atom is 0.488 e. The highest BCUT2D eigenvalue weighted by Gasteiger charge is 2.42. The predicted molar refractivity (Wildman–Crippen MR) is 114 cm³/mol. The number of rotatable bonds is 4. The predicted octanol–water partition coefficient (Wildman–Crippen LogP) is 0.803. The first-order valence-electron chi connectivity index (χ1n) is 9.60. The van der Waals surface area contributed by atoms with Crippen LogP contribution in [0.1, 0.15) is 12.1 Å². The number of amides is 1. The number of anilines is 2. The molecule has 1 saturated heterocycles. The zero-order chi connectivity index (χ0) is 22.3. The minimum absolute atomic E-state index is 0.211. The number of hydrogen-bond acceptors (Lipinski definition) is 7. The number of aryl methyl sites for hydroxylation is 1. The SMILES string of the molecule is Cc1nnc(N)c2ccc(-c3cc(B(O)O)ccc3NC(=O)[C@@H]3CC(F)(F)CN3)cc12. The van der Waals surface area contributed by atoms with Crippen LogP contribution >= 0.6 is 0 Å². The van der Waals surface area contributed by atoms with Crippen LogP contribution in [0.4, 0.5) is 20.3 Å². The molecule has 0 aliphatic carbocycles. The van der Waals surface area contributed by atoms with E-state index in [0.717, 1.165) is 5.39 Å². The van der Waals surface area contributed by atoms with Crippen LogP contribution in [0.2, 0.25) is 0 Å². The smallest absolute Gasteiger partial charge is 0.423 e. The summed E-state index contributed by atoms with van der Waals surface area (Å²) in [6.45, 7) is 1.22. The van der Waals surface area contributed by atoms with Crippen molar-refractivity contribution in [1.29, 1.82) is 0 Å². The molecular formula is C20H20BF2N5O3. The van der Waals surface area contributed by atoms with Crippen molar-refractivity contribution < 1.29 is 23.6 Å². The molecule has 1 atom stereocenters. The summed E-state index contributed by atoms with van der Waals surface area (Å²) in [5, 5.41) is 33.7. The molecule has 0 spiro atoms. The zero-order valence-electron chi connectivity index (χ0n) is 16.6. The second-order valence-electron chi connectivity index (χ2n) is 7.59. The molecule has 4 rings (SSSR count). The van der Waals surface area contributed by atoms with Crippen molar-refractivity contribution in [3.63, 3.8) is 0 Å². The van der Waals surface area contributed by atoms with Crippen molar-refractivity contribution >= 4 is 40.8 Å². The normalized spacial score (nSPS) is 17.6.